The van der Waals surface area contributed by atoms with Crippen molar-refractivity contribution in [3.8, 4) is 11.3 Å². The molecule has 0 bridgehead atoms. The molecule has 0 unspecified atom stereocenters. The summed E-state index contributed by atoms with van der Waals surface area (Å²) in [5.41, 5.74) is 11.2. The molecule has 4 N–H and O–H groups in total. The first-order valence-corrected chi connectivity index (χ1v) is 12.1. The average molecular weight is 554 g/mol. The van der Waals surface area contributed by atoms with Gasteiger partial charge in [0.2, 0.25) is 0 Å². The molecule has 8 heteroatoms. The summed E-state index contributed by atoms with van der Waals surface area (Å²) in [6, 6.07) is 18.9. The summed E-state index contributed by atoms with van der Waals surface area (Å²) >= 11 is 16.3. The highest BCUT2D eigenvalue weighted by Gasteiger charge is 2.19. The Balaban J connectivity index is 1.59. The number of carbonyl (C=O) groups excluding carboxylic acids is 1. The molecular weight excluding hydrogens is 535 g/mol. The lowest BCUT2D eigenvalue weighted by molar-refractivity contribution is 0.0952. The van der Waals surface area contributed by atoms with Gasteiger partial charge >= 0.3 is 0 Å². The van der Waals surface area contributed by atoms with Gasteiger partial charge in [-0.15, -0.1) is 0 Å². The molecule has 1 amide bonds. The number of nitrogens with two attached hydrogens (primary N) is 1. The molecule has 0 aliphatic carbocycles. The molecule has 5 nitrogen and oxygen atoms in total. The lowest BCUT2D eigenvalue weighted by Crippen LogP contribution is -2.23. The Morgan fingerprint density at radius 2 is 1.79 bits per heavy atom. The largest absolute Gasteiger partial charge is 0.360 e. The molecule has 0 atom stereocenters. The summed E-state index contributed by atoms with van der Waals surface area (Å²) in [5.74, 6) is -0.248. The lowest BCUT2D eigenvalue weighted by Gasteiger charge is -2.12. The highest BCUT2D eigenvalue weighted by molar-refractivity contribution is 9.10. The molecule has 0 aliphatic rings. The van der Waals surface area contributed by atoms with Crippen molar-refractivity contribution in [2.24, 2.45) is 5.73 Å². The van der Waals surface area contributed by atoms with Gasteiger partial charge in [-0.05, 0) is 47.5 Å². The van der Waals surface area contributed by atoms with Crippen molar-refractivity contribution >= 4 is 66.8 Å². The quantitative estimate of drug-likeness (QED) is 0.223. The molecule has 170 valence electrons. The number of H-pyrrole nitrogens is 1. The van der Waals surface area contributed by atoms with E-state index in [-0.39, 0.29) is 5.91 Å². The predicted molar refractivity (Wildman–Crippen MR) is 142 cm³/mol. The zero-order valence-electron chi connectivity index (χ0n) is 17.8. The Morgan fingerprint density at radius 1 is 1.03 bits per heavy atom. The molecule has 34 heavy (non-hydrogen) atoms. The molecule has 5 rings (SSSR count). The molecule has 0 fully saturated rings. The van der Waals surface area contributed by atoms with Crippen molar-refractivity contribution in [3.63, 3.8) is 0 Å². The minimum absolute atomic E-state index is 0.248. The standard InChI is InChI=1S/C26H19BrCl2N4O/c27-16-5-6-22-18(7-16)20(13-31-22)23-10-19(25-21(29)8-17(28)9-24(25)33-23)26(34)32-12-15-3-1-14(11-30)2-4-15/h1-10,13,31H,11-12,30H2,(H,32,34). The van der Waals surface area contributed by atoms with Gasteiger partial charge in [-0.1, -0.05) is 63.4 Å². The lowest BCUT2D eigenvalue weighted by atomic mass is 10.0. The van der Waals surface area contributed by atoms with Crippen LogP contribution in [0.2, 0.25) is 10.0 Å². The number of aromatic nitrogens is 2. The van der Waals surface area contributed by atoms with Crippen molar-refractivity contribution < 1.29 is 4.79 Å². The first-order chi connectivity index (χ1) is 16.4. The SMILES string of the molecule is NCc1ccc(CNC(=O)c2cc(-c3c[nH]c4ccc(Br)cc34)nc3cc(Cl)cc(Cl)c23)cc1. The number of fused-ring (bicyclic) bond motifs is 2. The minimum atomic E-state index is -0.248. The third-order valence-corrected chi connectivity index (χ3v) is 6.71. The summed E-state index contributed by atoms with van der Waals surface area (Å²) in [6.07, 6.45) is 1.89. The second kappa shape index (κ2) is 9.39. The second-order valence-corrected chi connectivity index (χ2v) is 9.69. The van der Waals surface area contributed by atoms with Crippen LogP contribution in [0.4, 0.5) is 0 Å². The maximum atomic E-state index is 13.4. The van der Waals surface area contributed by atoms with E-state index in [1.165, 1.54) is 0 Å². The van der Waals surface area contributed by atoms with Crippen molar-refractivity contribution in [2.75, 3.05) is 0 Å². The van der Waals surface area contributed by atoms with Crippen molar-refractivity contribution in [2.45, 2.75) is 13.1 Å². The van der Waals surface area contributed by atoms with Gasteiger partial charge in [0.1, 0.15) is 0 Å². The van der Waals surface area contributed by atoms with Crippen LogP contribution in [0.25, 0.3) is 33.1 Å². The third kappa shape index (κ3) is 4.42. The normalized spacial score (nSPS) is 11.3. The van der Waals surface area contributed by atoms with E-state index in [1.54, 1.807) is 18.2 Å². The first-order valence-electron chi connectivity index (χ1n) is 10.6. The topological polar surface area (TPSA) is 83.8 Å². The van der Waals surface area contributed by atoms with Gasteiger partial charge in [0, 0.05) is 50.6 Å². The number of aromatic amines is 1. The number of amides is 1. The van der Waals surface area contributed by atoms with E-state index in [9.17, 15) is 4.79 Å². The van der Waals surface area contributed by atoms with Crippen LogP contribution < -0.4 is 11.1 Å². The van der Waals surface area contributed by atoms with Crippen LogP contribution >= 0.6 is 39.1 Å². The van der Waals surface area contributed by atoms with Crippen LogP contribution in [-0.4, -0.2) is 15.9 Å². The summed E-state index contributed by atoms with van der Waals surface area (Å²) < 4.78 is 0.950. The van der Waals surface area contributed by atoms with E-state index < -0.39 is 0 Å². The minimum Gasteiger partial charge on any atom is -0.360 e. The van der Waals surface area contributed by atoms with Crippen molar-refractivity contribution in [1.29, 1.82) is 0 Å². The smallest absolute Gasteiger partial charge is 0.252 e. The summed E-state index contributed by atoms with van der Waals surface area (Å²) in [7, 11) is 0. The van der Waals surface area contributed by atoms with Gasteiger partial charge in [0.05, 0.1) is 21.8 Å². The number of nitrogens with one attached hydrogen (secondary N) is 2. The highest BCUT2D eigenvalue weighted by atomic mass is 79.9. The van der Waals surface area contributed by atoms with E-state index in [1.807, 2.05) is 48.7 Å². The van der Waals surface area contributed by atoms with Crippen LogP contribution in [0.1, 0.15) is 21.5 Å². The van der Waals surface area contributed by atoms with E-state index in [2.05, 4.69) is 26.2 Å². The summed E-state index contributed by atoms with van der Waals surface area (Å²) in [4.78, 5) is 21.4. The van der Waals surface area contributed by atoms with Crippen LogP contribution in [0.5, 0.6) is 0 Å². The fraction of sp³-hybridized carbons (Fsp3) is 0.0769. The van der Waals surface area contributed by atoms with Crippen LogP contribution in [0.15, 0.2) is 71.3 Å². The second-order valence-electron chi connectivity index (χ2n) is 7.93. The number of halogens is 3. The molecule has 2 heterocycles. The molecule has 0 radical (unpaired) electrons. The van der Waals surface area contributed by atoms with Crippen molar-refractivity contribution in [3.05, 3.63) is 98.1 Å². The van der Waals surface area contributed by atoms with Gasteiger partial charge in [-0.3, -0.25) is 4.79 Å². The molecule has 0 spiro atoms. The maximum Gasteiger partial charge on any atom is 0.252 e. The van der Waals surface area contributed by atoms with E-state index >= 15 is 0 Å². The fourth-order valence-corrected chi connectivity index (χ4v) is 4.92. The van der Waals surface area contributed by atoms with Gasteiger partial charge in [0.15, 0.2) is 0 Å². The van der Waals surface area contributed by atoms with Crippen LogP contribution in [-0.2, 0) is 13.1 Å². The fourth-order valence-electron chi connectivity index (χ4n) is 3.98. The zero-order chi connectivity index (χ0) is 23.8. The average Bonchev–Trinajstić information content (AvgIpc) is 3.25. The predicted octanol–water partition coefficient (Wildman–Crippen LogP) is 6.84. The van der Waals surface area contributed by atoms with Gasteiger partial charge in [-0.2, -0.15) is 0 Å². The molecule has 0 aliphatic heterocycles. The number of hydrogen-bond donors (Lipinski definition) is 3. The number of carbonyl (C=O) groups is 1. The molecular formula is C26H19BrCl2N4O. The zero-order valence-corrected chi connectivity index (χ0v) is 20.9. The molecule has 2 aromatic heterocycles. The third-order valence-electron chi connectivity index (χ3n) is 5.70. The Labute approximate surface area is 214 Å². The number of rotatable bonds is 5. The molecule has 0 saturated carbocycles. The molecule has 5 aromatic rings. The Bertz CT molecular complexity index is 1550. The molecule has 0 saturated heterocycles. The van der Waals surface area contributed by atoms with Crippen LogP contribution in [0.3, 0.4) is 0 Å². The summed E-state index contributed by atoms with van der Waals surface area (Å²) in [6.45, 7) is 0.845. The van der Waals surface area contributed by atoms with Crippen molar-refractivity contribution in [1.82, 2.24) is 15.3 Å². The number of nitrogens with zero attached hydrogens (tertiary/aromatic N) is 1. The highest BCUT2D eigenvalue weighted by Crippen LogP contribution is 2.35. The van der Waals surface area contributed by atoms with Gasteiger partial charge < -0.3 is 16.0 Å². The number of pyridine rings is 1. The Hall–Kier alpha value is -2.90. The number of benzene rings is 3. The van der Waals surface area contributed by atoms with Gasteiger partial charge in [-0.25, -0.2) is 4.98 Å². The number of hydrogen-bond acceptors (Lipinski definition) is 3. The summed E-state index contributed by atoms with van der Waals surface area (Å²) in [5, 5.41) is 5.38. The van der Waals surface area contributed by atoms with E-state index in [4.69, 9.17) is 33.9 Å². The molecule has 3 aromatic carbocycles. The van der Waals surface area contributed by atoms with Gasteiger partial charge in [0.25, 0.3) is 5.91 Å². The maximum absolute atomic E-state index is 13.4. The first kappa shape index (κ1) is 22.9. The van der Waals surface area contributed by atoms with E-state index in [0.29, 0.717) is 45.3 Å². The van der Waals surface area contributed by atoms with E-state index in [0.717, 1.165) is 32.1 Å². The Morgan fingerprint density at radius 3 is 2.56 bits per heavy atom. The Kier molecular flexibility index (Phi) is 6.32. The monoisotopic (exact) mass is 552 g/mol. The van der Waals surface area contributed by atoms with Crippen LogP contribution in [0, 0.1) is 0 Å².